The molecule has 0 saturated carbocycles. The van der Waals surface area contributed by atoms with Crippen molar-refractivity contribution in [2.75, 3.05) is 18.4 Å². The van der Waals surface area contributed by atoms with Crippen molar-refractivity contribution in [1.29, 1.82) is 5.26 Å². The third-order valence-electron chi connectivity index (χ3n) is 5.88. The first-order valence-electron chi connectivity index (χ1n) is 11.6. The van der Waals surface area contributed by atoms with Crippen LogP contribution in [0.15, 0.2) is 48.9 Å². The first-order chi connectivity index (χ1) is 17.6. The van der Waals surface area contributed by atoms with Crippen LogP contribution >= 0.6 is 11.6 Å². The molecule has 4 heterocycles. The van der Waals surface area contributed by atoms with E-state index in [4.69, 9.17) is 16.3 Å². The molecule has 0 atom stereocenters. The van der Waals surface area contributed by atoms with Crippen molar-refractivity contribution < 1.29 is 13.9 Å². The lowest BCUT2D eigenvalue weighted by atomic mass is 9.93. The van der Waals surface area contributed by atoms with E-state index in [1.807, 2.05) is 26.8 Å². The molecule has 4 aromatic rings. The predicted octanol–water partition coefficient (Wildman–Crippen LogP) is 5.56. The molecule has 0 aliphatic carbocycles. The minimum absolute atomic E-state index is 0.0784. The molecular formula is C26H23ClFN7O2. The Balaban J connectivity index is 1.34. The molecule has 1 aromatic carbocycles. The van der Waals surface area contributed by atoms with Crippen LogP contribution in [0.2, 0.25) is 5.02 Å². The smallest absolute Gasteiger partial charge is 0.410 e. The Morgan fingerprint density at radius 2 is 2.00 bits per heavy atom. The van der Waals surface area contributed by atoms with E-state index in [-0.39, 0.29) is 17.5 Å². The molecule has 1 fully saturated rings. The summed E-state index contributed by atoms with van der Waals surface area (Å²) >= 11 is 6.32. The van der Waals surface area contributed by atoms with Crippen molar-refractivity contribution in [3.8, 4) is 11.8 Å². The highest BCUT2D eigenvalue weighted by atomic mass is 35.5. The van der Waals surface area contributed by atoms with Gasteiger partial charge >= 0.3 is 6.09 Å². The largest absolute Gasteiger partial charge is 0.444 e. The molecule has 0 unspecified atom stereocenters. The average molecular weight is 520 g/mol. The number of para-hydroxylation sites is 1. The van der Waals surface area contributed by atoms with Gasteiger partial charge < -0.3 is 15.0 Å². The SMILES string of the molecule is CC(C)(C)OC(=O)N1CC(c2ccc(Nc3ncc(F)c4nn(-c5c(Cl)cccc5C#N)cc34)nc2)C1. The number of benzene rings is 1. The summed E-state index contributed by atoms with van der Waals surface area (Å²) in [4.78, 5) is 22.5. The Kier molecular flexibility index (Phi) is 6.17. The van der Waals surface area contributed by atoms with Crippen molar-refractivity contribution in [3.05, 3.63) is 70.9 Å². The van der Waals surface area contributed by atoms with Gasteiger partial charge in [-0.3, -0.25) is 0 Å². The first-order valence-corrected chi connectivity index (χ1v) is 11.9. The molecule has 1 aliphatic heterocycles. The van der Waals surface area contributed by atoms with Crippen molar-refractivity contribution >= 4 is 40.2 Å². The highest BCUT2D eigenvalue weighted by molar-refractivity contribution is 6.32. The van der Waals surface area contributed by atoms with Gasteiger partial charge in [-0.05, 0) is 44.5 Å². The lowest BCUT2D eigenvalue weighted by Crippen LogP contribution is -2.50. The van der Waals surface area contributed by atoms with E-state index in [2.05, 4.69) is 26.5 Å². The van der Waals surface area contributed by atoms with Crippen LogP contribution < -0.4 is 5.32 Å². The van der Waals surface area contributed by atoms with E-state index >= 15 is 0 Å². The number of rotatable bonds is 4. The Hall–Kier alpha value is -4.23. The monoisotopic (exact) mass is 519 g/mol. The fraction of sp³-hybridized carbons (Fsp3) is 0.269. The van der Waals surface area contributed by atoms with E-state index in [1.165, 1.54) is 4.68 Å². The molecular weight excluding hydrogens is 497 g/mol. The number of hydrogen-bond donors (Lipinski definition) is 1. The third-order valence-corrected chi connectivity index (χ3v) is 6.18. The Morgan fingerprint density at radius 1 is 1.22 bits per heavy atom. The summed E-state index contributed by atoms with van der Waals surface area (Å²) in [6.07, 6.45) is 4.07. The summed E-state index contributed by atoms with van der Waals surface area (Å²) in [6, 6.07) is 10.7. The van der Waals surface area contributed by atoms with E-state index in [1.54, 1.807) is 41.6 Å². The number of amides is 1. The fourth-order valence-corrected chi connectivity index (χ4v) is 4.30. The number of fused-ring (bicyclic) bond motifs is 1. The molecule has 3 aromatic heterocycles. The molecule has 0 bridgehead atoms. The number of hydrogen-bond acceptors (Lipinski definition) is 7. The van der Waals surface area contributed by atoms with E-state index < -0.39 is 11.4 Å². The number of nitrogens with one attached hydrogen (secondary N) is 1. The van der Waals surface area contributed by atoms with Crippen LogP contribution in [0.3, 0.4) is 0 Å². The second-order valence-corrected chi connectivity index (χ2v) is 10.1. The van der Waals surface area contributed by atoms with Crippen molar-refractivity contribution in [2.24, 2.45) is 0 Å². The minimum atomic E-state index is -0.604. The molecule has 1 amide bonds. The molecule has 0 spiro atoms. The maximum atomic E-state index is 14.6. The number of anilines is 2. The second kappa shape index (κ2) is 9.33. The molecule has 1 N–H and O–H groups in total. The number of nitrogens with zero attached hydrogens (tertiary/aromatic N) is 6. The van der Waals surface area contributed by atoms with Crippen molar-refractivity contribution in [1.82, 2.24) is 24.6 Å². The number of pyridine rings is 2. The zero-order valence-corrected chi connectivity index (χ0v) is 21.1. The van der Waals surface area contributed by atoms with Gasteiger partial charge in [0.1, 0.15) is 34.5 Å². The number of ether oxygens (including phenoxy) is 1. The van der Waals surface area contributed by atoms with E-state index in [9.17, 15) is 14.4 Å². The van der Waals surface area contributed by atoms with Gasteiger partial charge in [0.25, 0.3) is 0 Å². The van der Waals surface area contributed by atoms with Crippen LogP contribution in [0.5, 0.6) is 0 Å². The first kappa shape index (κ1) is 24.5. The maximum absolute atomic E-state index is 14.6. The number of carbonyl (C=O) groups excluding carboxylic acids is 1. The summed E-state index contributed by atoms with van der Waals surface area (Å²) in [5, 5.41) is 17.6. The molecule has 11 heteroatoms. The van der Waals surface area contributed by atoms with Gasteiger partial charge in [0.05, 0.1) is 22.2 Å². The van der Waals surface area contributed by atoms with Gasteiger partial charge in [0.2, 0.25) is 0 Å². The zero-order valence-electron chi connectivity index (χ0n) is 20.4. The van der Waals surface area contributed by atoms with Crippen LogP contribution in [-0.4, -0.2) is 49.4 Å². The topological polar surface area (TPSA) is 109 Å². The standard InChI is InChI=1S/C26H23ClFN7O2/c1-26(2,3)37-25(36)34-12-17(13-34)16-7-8-21(30-10-16)32-24-18-14-35(33-22(18)20(28)11-31-24)23-15(9-29)5-4-6-19(23)27/h4-8,10-11,14,17H,12-13H2,1-3H3,(H,30,31,32). The number of aromatic nitrogens is 4. The van der Waals surface area contributed by atoms with Gasteiger partial charge in [0.15, 0.2) is 5.82 Å². The second-order valence-electron chi connectivity index (χ2n) is 9.72. The minimum Gasteiger partial charge on any atom is -0.444 e. The number of carbonyl (C=O) groups is 1. The molecule has 1 saturated heterocycles. The quantitative estimate of drug-likeness (QED) is 0.376. The summed E-state index contributed by atoms with van der Waals surface area (Å²) in [7, 11) is 0. The number of likely N-dealkylation sites (tertiary alicyclic amines) is 1. The van der Waals surface area contributed by atoms with Gasteiger partial charge in [0, 0.05) is 31.4 Å². The van der Waals surface area contributed by atoms with E-state index in [0.717, 1.165) is 11.8 Å². The molecule has 1 aliphatic rings. The van der Waals surface area contributed by atoms with Crippen LogP contribution in [-0.2, 0) is 4.74 Å². The average Bonchev–Trinajstić information content (AvgIpc) is 3.25. The third kappa shape index (κ3) is 4.90. The summed E-state index contributed by atoms with van der Waals surface area (Å²) in [6.45, 7) is 6.65. The lowest BCUT2D eigenvalue weighted by Gasteiger charge is -2.39. The van der Waals surface area contributed by atoms with Crippen LogP contribution in [0.1, 0.15) is 37.8 Å². The molecule has 9 nitrogen and oxygen atoms in total. The van der Waals surface area contributed by atoms with Gasteiger partial charge in [-0.2, -0.15) is 10.4 Å². The van der Waals surface area contributed by atoms with E-state index in [0.29, 0.717) is 46.4 Å². The maximum Gasteiger partial charge on any atom is 0.410 e. The summed E-state index contributed by atoms with van der Waals surface area (Å²) in [5.41, 5.74) is 1.21. The normalized spacial score (nSPS) is 13.8. The van der Waals surface area contributed by atoms with Gasteiger partial charge in [-0.25, -0.2) is 23.8 Å². The fourth-order valence-electron chi connectivity index (χ4n) is 4.04. The van der Waals surface area contributed by atoms with Crippen molar-refractivity contribution in [3.63, 3.8) is 0 Å². The molecule has 188 valence electrons. The van der Waals surface area contributed by atoms with Crippen LogP contribution in [0, 0.1) is 17.1 Å². The zero-order chi connectivity index (χ0) is 26.3. The Labute approximate surface area is 217 Å². The summed E-state index contributed by atoms with van der Waals surface area (Å²) in [5.74, 6) is 0.435. The predicted molar refractivity (Wildman–Crippen MR) is 137 cm³/mol. The van der Waals surface area contributed by atoms with Gasteiger partial charge in [-0.1, -0.05) is 23.7 Å². The van der Waals surface area contributed by atoms with Gasteiger partial charge in [-0.15, -0.1) is 0 Å². The highest BCUT2D eigenvalue weighted by Gasteiger charge is 2.34. The molecule has 0 radical (unpaired) electrons. The van der Waals surface area contributed by atoms with Crippen LogP contribution in [0.4, 0.5) is 20.8 Å². The Morgan fingerprint density at radius 3 is 2.68 bits per heavy atom. The highest BCUT2D eigenvalue weighted by Crippen LogP contribution is 2.31. The summed E-state index contributed by atoms with van der Waals surface area (Å²) < 4.78 is 21.3. The Bertz CT molecular complexity index is 1530. The number of nitriles is 1. The molecule has 37 heavy (non-hydrogen) atoms. The van der Waals surface area contributed by atoms with Crippen LogP contribution in [0.25, 0.3) is 16.6 Å². The van der Waals surface area contributed by atoms with Crippen molar-refractivity contribution in [2.45, 2.75) is 32.3 Å². The lowest BCUT2D eigenvalue weighted by molar-refractivity contribution is 0.00816. The molecule has 5 rings (SSSR count). The number of halogens is 2.